The van der Waals surface area contributed by atoms with E-state index in [-0.39, 0.29) is 0 Å². The Bertz CT molecular complexity index is 386. The molecule has 2 N–H and O–H groups in total. The van der Waals surface area contributed by atoms with Gasteiger partial charge in [0.25, 0.3) is 5.91 Å². The van der Waals surface area contributed by atoms with Gasteiger partial charge in [-0.1, -0.05) is 19.9 Å². The topological polar surface area (TPSA) is 52.3 Å². The maximum atomic E-state index is 10.9. The first kappa shape index (κ1) is 12.6. The summed E-state index contributed by atoms with van der Waals surface area (Å²) in [5, 5.41) is 0. The van der Waals surface area contributed by atoms with Crippen LogP contribution in [0.1, 0.15) is 37.8 Å². The highest BCUT2D eigenvalue weighted by atomic mass is 16.5. The average Bonchev–Trinajstić information content (AvgIpc) is 2.16. The molecule has 1 aromatic carbocycles. The maximum absolute atomic E-state index is 10.9. The predicted octanol–water partition coefficient (Wildman–Crippen LogP) is 2.37. The standard InChI is InChI=1S/C13H19NO2/c1-8(2)11-5-9(3)6-12(7-11)16-10(4)13(14)15/h5-8,10H,1-4H3,(H2,14,15)/t10-/m0/s1. The summed E-state index contributed by atoms with van der Waals surface area (Å²) in [4.78, 5) is 10.9. The van der Waals surface area contributed by atoms with Crippen LogP contribution in [0.15, 0.2) is 18.2 Å². The highest BCUT2D eigenvalue weighted by molar-refractivity contribution is 5.78. The Balaban J connectivity index is 2.92. The molecule has 3 heteroatoms. The van der Waals surface area contributed by atoms with Crippen LogP contribution in [0.5, 0.6) is 5.75 Å². The van der Waals surface area contributed by atoms with Crippen LogP contribution in [0, 0.1) is 6.92 Å². The van der Waals surface area contributed by atoms with Crippen LogP contribution in [0.3, 0.4) is 0 Å². The van der Waals surface area contributed by atoms with Crippen LogP contribution < -0.4 is 10.5 Å². The third kappa shape index (κ3) is 3.26. The Hall–Kier alpha value is -1.51. The number of ether oxygens (including phenoxy) is 1. The fraction of sp³-hybridized carbons (Fsp3) is 0.462. The normalized spacial score (nSPS) is 12.6. The summed E-state index contributed by atoms with van der Waals surface area (Å²) in [5.41, 5.74) is 7.48. The van der Waals surface area contributed by atoms with Crippen molar-refractivity contribution in [2.45, 2.75) is 39.7 Å². The van der Waals surface area contributed by atoms with Gasteiger partial charge in [-0.3, -0.25) is 4.79 Å². The number of primary amides is 1. The molecule has 0 unspecified atom stereocenters. The van der Waals surface area contributed by atoms with E-state index in [0.717, 1.165) is 5.56 Å². The highest BCUT2D eigenvalue weighted by Crippen LogP contribution is 2.23. The van der Waals surface area contributed by atoms with Gasteiger partial charge in [0.2, 0.25) is 0 Å². The third-order valence-corrected chi connectivity index (χ3v) is 2.45. The number of aryl methyl sites for hydroxylation is 1. The van der Waals surface area contributed by atoms with Crippen molar-refractivity contribution in [2.75, 3.05) is 0 Å². The molecule has 0 aliphatic carbocycles. The number of carbonyl (C=O) groups is 1. The van der Waals surface area contributed by atoms with E-state index in [9.17, 15) is 4.79 Å². The predicted molar refractivity (Wildman–Crippen MR) is 64.6 cm³/mol. The van der Waals surface area contributed by atoms with E-state index in [1.165, 1.54) is 5.56 Å². The van der Waals surface area contributed by atoms with Crippen molar-refractivity contribution in [1.82, 2.24) is 0 Å². The second-order valence-corrected chi connectivity index (χ2v) is 4.40. The van der Waals surface area contributed by atoms with Crippen molar-refractivity contribution in [3.05, 3.63) is 29.3 Å². The molecule has 88 valence electrons. The van der Waals surface area contributed by atoms with Gasteiger partial charge in [-0.2, -0.15) is 0 Å². The van der Waals surface area contributed by atoms with Crippen LogP contribution in [0.25, 0.3) is 0 Å². The third-order valence-electron chi connectivity index (χ3n) is 2.45. The summed E-state index contributed by atoms with van der Waals surface area (Å²) in [6.45, 7) is 7.90. The first-order valence-corrected chi connectivity index (χ1v) is 5.47. The first-order chi connectivity index (χ1) is 7.40. The zero-order valence-corrected chi connectivity index (χ0v) is 10.3. The van der Waals surface area contributed by atoms with Crippen molar-refractivity contribution >= 4 is 5.91 Å². The lowest BCUT2D eigenvalue weighted by molar-refractivity contribution is -0.123. The van der Waals surface area contributed by atoms with Gasteiger partial charge in [0, 0.05) is 0 Å². The SMILES string of the molecule is Cc1cc(O[C@@H](C)C(N)=O)cc(C(C)C)c1. The van der Waals surface area contributed by atoms with E-state index in [1.54, 1.807) is 6.92 Å². The molecule has 16 heavy (non-hydrogen) atoms. The van der Waals surface area contributed by atoms with E-state index >= 15 is 0 Å². The number of rotatable bonds is 4. The second-order valence-electron chi connectivity index (χ2n) is 4.40. The van der Waals surface area contributed by atoms with Gasteiger partial charge in [-0.05, 0) is 43.0 Å². The van der Waals surface area contributed by atoms with Gasteiger partial charge in [-0.25, -0.2) is 0 Å². The lowest BCUT2D eigenvalue weighted by atomic mass is 10.0. The summed E-state index contributed by atoms with van der Waals surface area (Å²) >= 11 is 0. The van der Waals surface area contributed by atoms with Crippen LogP contribution in [0.4, 0.5) is 0 Å². The number of hydrogen-bond donors (Lipinski definition) is 1. The molecule has 0 saturated carbocycles. The van der Waals surface area contributed by atoms with Crippen LogP contribution in [-0.2, 0) is 4.79 Å². The van der Waals surface area contributed by atoms with Gasteiger partial charge in [0.05, 0.1) is 0 Å². The largest absolute Gasteiger partial charge is 0.481 e. The summed E-state index contributed by atoms with van der Waals surface area (Å²) < 4.78 is 5.47. The molecular weight excluding hydrogens is 202 g/mol. The Morgan fingerprint density at radius 2 is 1.88 bits per heavy atom. The highest BCUT2D eigenvalue weighted by Gasteiger charge is 2.11. The number of benzene rings is 1. The Kier molecular flexibility index (Phi) is 3.93. The molecule has 0 saturated heterocycles. The smallest absolute Gasteiger partial charge is 0.258 e. The minimum atomic E-state index is -0.596. The quantitative estimate of drug-likeness (QED) is 0.848. The van der Waals surface area contributed by atoms with E-state index in [1.807, 2.05) is 19.1 Å². The summed E-state index contributed by atoms with van der Waals surface area (Å²) in [7, 11) is 0. The fourth-order valence-corrected chi connectivity index (χ4v) is 1.44. The lowest BCUT2D eigenvalue weighted by Gasteiger charge is -2.14. The number of carbonyl (C=O) groups excluding carboxylic acids is 1. The van der Waals surface area contributed by atoms with Gasteiger partial charge in [-0.15, -0.1) is 0 Å². The fourth-order valence-electron chi connectivity index (χ4n) is 1.44. The molecule has 0 radical (unpaired) electrons. The van der Waals surface area contributed by atoms with Crippen LogP contribution in [0.2, 0.25) is 0 Å². The van der Waals surface area contributed by atoms with Crippen molar-refractivity contribution in [2.24, 2.45) is 5.73 Å². The molecule has 1 amide bonds. The molecule has 0 aromatic heterocycles. The van der Waals surface area contributed by atoms with Crippen molar-refractivity contribution in [3.63, 3.8) is 0 Å². The van der Waals surface area contributed by atoms with Gasteiger partial charge < -0.3 is 10.5 Å². The molecule has 0 aliphatic heterocycles. The zero-order valence-electron chi connectivity index (χ0n) is 10.3. The molecule has 1 rings (SSSR count). The monoisotopic (exact) mass is 221 g/mol. The summed E-state index contributed by atoms with van der Waals surface area (Å²) in [6, 6.07) is 5.98. The van der Waals surface area contributed by atoms with Gasteiger partial charge in [0.15, 0.2) is 6.10 Å². The van der Waals surface area contributed by atoms with Gasteiger partial charge in [0.1, 0.15) is 5.75 Å². The van der Waals surface area contributed by atoms with Crippen molar-refractivity contribution < 1.29 is 9.53 Å². The van der Waals surface area contributed by atoms with Crippen molar-refractivity contribution in [3.8, 4) is 5.75 Å². The molecule has 1 atom stereocenters. The minimum Gasteiger partial charge on any atom is -0.481 e. The number of hydrogen-bond acceptors (Lipinski definition) is 2. The second kappa shape index (κ2) is 5.01. The minimum absolute atomic E-state index is 0.436. The first-order valence-electron chi connectivity index (χ1n) is 5.47. The van der Waals surface area contributed by atoms with E-state index in [2.05, 4.69) is 19.9 Å². The molecule has 0 fully saturated rings. The average molecular weight is 221 g/mol. The van der Waals surface area contributed by atoms with E-state index < -0.39 is 12.0 Å². The Labute approximate surface area is 96.6 Å². The molecule has 3 nitrogen and oxygen atoms in total. The summed E-state index contributed by atoms with van der Waals surface area (Å²) in [5.74, 6) is 0.689. The zero-order chi connectivity index (χ0) is 12.3. The molecule has 0 heterocycles. The summed E-state index contributed by atoms with van der Waals surface area (Å²) in [6.07, 6.45) is -0.596. The van der Waals surface area contributed by atoms with Gasteiger partial charge >= 0.3 is 0 Å². The molecule has 0 bridgehead atoms. The van der Waals surface area contributed by atoms with Crippen LogP contribution in [-0.4, -0.2) is 12.0 Å². The van der Waals surface area contributed by atoms with E-state index in [4.69, 9.17) is 10.5 Å². The Morgan fingerprint density at radius 3 is 2.38 bits per heavy atom. The van der Waals surface area contributed by atoms with Crippen LogP contribution >= 0.6 is 0 Å². The lowest BCUT2D eigenvalue weighted by Crippen LogP contribution is -2.30. The number of amides is 1. The molecule has 0 spiro atoms. The molecule has 0 aliphatic rings. The molecular formula is C13H19NO2. The van der Waals surface area contributed by atoms with Crippen molar-refractivity contribution in [1.29, 1.82) is 0 Å². The van der Waals surface area contributed by atoms with E-state index in [0.29, 0.717) is 11.7 Å². The number of nitrogens with two attached hydrogens (primary N) is 1. The Morgan fingerprint density at radius 1 is 1.25 bits per heavy atom. The maximum Gasteiger partial charge on any atom is 0.258 e. The molecule has 1 aromatic rings.